The Morgan fingerprint density at radius 3 is 2.37 bits per heavy atom. The molecule has 2 N–H and O–H groups in total. The lowest BCUT2D eigenvalue weighted by Crippen LogP contribution is -2.57. The first kappa shape index (κ1) is 18.3. The molecule has 114 valence electrons. The third kappa shape index (κ3) is 7.47. The van der Waals surface area contributed by atoms with E-state index in [1.165, 1.54) is 0 Å². The minimum atomic E-state index is -0.935. The predicted octanol–water partition coefficient (Wildman–Crippen LogP) is 0.424. The van der Waals surface area contributed by atoms with Gasteiger partial charge in [0.05, 0.1) is 6.61 Å². The third-order valence-electron chi connectivity index (χ3n) is 3.01. The Bertz CT molecular complexity index is 251. The van der Waals surface area contributed by atoms with Gasteiger partial charge >= 0.3 is 5.97 Å². The van der Waals surface area contributed by atoms with Crippen molar-refractivity contribution < 1.29 is 19.4 Å². The molecule has 6 heteroatoms. The van der Waals surface area contributed by atoms with Crippen LogP contribution in [0, 0.1) is 0 Å². The van der Waals surface area contributed by atoms with E-state index in [-0.39, 0.29) is 0 Å². The van der Waals surface area contributed by atoms with Crippen LogP contribution < -0.4 is 5.32 Å². The summed E-state index contributed by atoms with van der Waals surface area (Å²) in [5.41, 5.74) is -0.935. The number of carboxylic acid groups (broad SMARTS) is 1. The van der Waals surface area contributed by atoms with E-state index < -0.39 is 11.5 Å². The molecule has 0 saturated heterocycles. The molecular weight excluding hydrogens is 248 g/mol. The number of hydrogen-bond donors (Lipinski definition) is 2. The van der Waals surface area contributed by atoms with Crippen LogP contribution in [0.25, 0.3) is 0 Å². The van der Waals surface area contributed by atoms with Crippen LogP contribution in [-0.4, -0.2) is 75.1 Å². The van der Waals surface area contributed by atoms with E-state index in [0.29, 0.717) is 32.8 Å². The van der Waals surface area contributed by atoms with Gasteiger partial charge in [0.15, 0.2) is 0 Å². The number of nitrogens with one attached hydrogen (secondary N) is 1. The molecule has 0 fully saturated rings. The standard InChI is InChI=1S/C13H28N2O4/c1-5-14-13(2,12(16)17)11-15(8-10-19-4)7-6-9-18-3/h14H,5-11H2,1-4H3,(H,16,17). The van der Waals surface area contributed by atoms with E-state index in [1.807, 2.05) is 6.92 Å². The van der Waals surface area contributed by atoms with E-state index in [1.54, 1.807) is 21.1 Å². The van der Waals surface area contributed by atoms with Gasteiger partial charge in [-0.15, -0.1) is 0 Å². The molecular formula is C13H28N2O4. The van der Waals surface area contributed by atoms with E-state index in [2.05, 4.69) is 10.2 Å². The maximum Gasteiger partial charge on any atom is 0.324 e. The van der Waals surface area contributed by atoms with Crippen molar-refractivity contribution in [3.05, 3.63) is 0 Å². The summed E-state index contributed by atoms with van der Waals surface area (Å²) >= 11 is 0. The van der Waals surface area contributed by atoms with Crippen LogP contribution in [0.15, 0.2) is 0 Å². The van der Waals surface area contributed by atoms with Gasteiger partial charge in [-0.05, 0) is 19.9 Å². The highest BCUT2D eigenvalue weighted by molar-refractivity contribution is 5.78. The number of rotatable bonds is 12. The van der Waals surface area contributed by atoms with Crippen LogP contribution >= 0.6 is 0 Å². The fourth-order valence-electron chi connectivity index (χ4n) is 1.96. The van der Waals surface area contributed by atoms with Crippen molar-refractivity contribution in [1.29, 1.82) is 0 Å². The number of methoxy groups -OCH3 is 2. The van der Waals surface area contributed by atoms with Gasteiger partial charge in [0, 0.05) is 40.5 Å². The molecule has 0 spiro atoms. The number of carboxylic acids is 1. The van der Waals surface area contributed by atoms with Gasteiger partial charge in [0.1, 0.15) is 5.54 Å². The SMILES string of the molecule is CCNC(C)(CN(CCCOC)CCOC)C(=O)O. The molecule has 0 saturated carbocycles. The highest BCUT2D eigenvalue weighted by Gasteiger charge is 2.33. The van der Waals surface area contributed by atoms with Crippen molar-refractivity contribution in [3.63, 3.8) is 0 Å². The third-order valence-corrected chi connectivity index (χ3v) is 3.01. The second-order valence-electron chi connectivity index (χ2n) is 4.78. The van der Waals surface area contributed by atoms with Crippen molar-refractivity contribution in [3.8, 4) is 0 Å². The fraction of sp³-hybridized carbons (Fsp3) is 0.923. The van der Waals surface area contributed by atoms with Crippen molar-refractivity contribution >= 4 is 5.97 Å². The molecule has 0 bridgehead atoms. The zero-order valence-corrected chi connectivity index (χ0v) is 12.6. The number of ether oxygens (including phenoxy) is 2. The van der Waals surface area contributed by atoms with Crippen LogP contribution in [-0.2, 0) is 14.3 Å². The summed E-state index contributed by atoms with van der Waals surface area (Å²) in [5.74, 6) is -0.830. The molecule has 0 rings (SSSR count). The molecule has 1 unspecified atom stereocenters. The first-order valence-electron chi connectivity index (χ1n) is 6.68. The molecule has 6 nitrogen and oxygen atoms in total. The summed E-state index contributed by atoms with van der Waals surface area (Å²) in [6.45, 7) is 7.48. The Labute approximate surface area is 116 Å². The molecule has 0 heterocycles. The van der Waals surface area contributed by atoms with E-state index >= 15 is 0 Å². The minimum absolute atomic E-state index is 0.448. The summed E-state index contributed by atoms with van der Waals surface area (Å²) in [6.07, 6.45) is 0.877. The first-order chi connectivity index (χ1) is 9.00. The minimum Gasteiger partial charge on any atom is -0.480 e. The van der Waals surface area contributed by atoms with Gasteiger partial charge in [-0.25, -0.2) is 0 Å². The maximum atomic E-state index is 11.4. The Morgan fingerprint density at radius 2 is 1.89 bits per heavy atom. The normalized spacial score (nSPS) is 14.6. The Hall–Kier alpha value is -0.690. The van der Waals surface area contributed by atoms with Gasteiger partial charge in [0.2, 0.25) is 0 Å². The average Bonchev–Trinajstić information content (AvgIpc) is 2.36. The van der Waals surface area contributed by atoms with Crippen molar-refractivity contribution in [2.75, 3.05) is 53.6 Å². The summed E-state index contributed by atoms with van der Waals surface area (Å²) in [6, 6.07) is 0. The van der Waals surface area contributed by atoms with Crippen LogP contribution in [0.2, 0.25) is 0 Å². The van der Waals surface area contributed by atoms with Crippen LogP contribution in [0.4, 0.5) is 0 Å². The van der Waals surface area contributed by atoms with Crippen LogP contribution in [0.1, 0.15) is 20.3 Å². The summed E-state index contributed by atoms with van der Waals surface area (Å²) < 4.78 is 10.1. The molecule has 0 aromatic rings. The van der Waals surface area contributed by atoms with E-state index in [4.69, 9.17) is 9.47 Å². The van der Waals surface area contributed by atoms with Gasteiger partial charge in [-0.3, -0.25) is 9.69 Å². The van der Waals surface area contributed by atoms with Crippen molar-refractivity contribution in [2.45, 2.75) is 25.8 Å². The monoisotopic (exact) mass is 276 g/mol. The quantitative estimate of drug-likeness (QED) is 0.504. The molecule has 0 aromatic heterocycles. The van der Waals surface area contributed by atoms with Crippen molar-refractivity contribution in [1.82, 2.24) is 10.2 Å². The van der Waals surface area contributed by atoms with Gasteiger partial charge < -0.3 is 19.9 Å². The largest absolute Gasteiger partial charge is 0.480 e. The van der Waals surface area contributed by atoms with Gasteiger partial charge in [-0.2, -0.15) is 0 Å². The van der Waals surface area contributed by atoms with Crippen LogP contribution in [0.3, 0.4) is 0 Å². The zero-order chi connectivity index (χ0) is 14.7. The first-order valence-corrected chi connectivity index (χ1v) is 6.68. The average molecular weight is 276 g/mol. The van der Waals surface area contributed by atoms with Crippen molar-refractivity contribution in [2.24, 2.45) is 0 Å². The summed E-state index contributed by atoms with van der Waals surface area (Å²) in [7, 11) is 3.31. The van der Waals surface area contributed by atoms with Crippen LogP contribution in [0.5, 0.6) is 0 Å². The molecule has 0 aliphatic carbocycles. The number of carbonyl (C=O) groups is 1. The lowest BCUT2D eigenvalue weighted by Gasteiger charge is -2.33. The predicted molar refractivity (Wildman–Crippen MR) is 74.5 cm³/mol. The fourth-order valence-corrected chi connectivity index (χ4v) is 1.96. The highest BCUT2D eigenvalue weighted by atomic mass is 16.5. The lowest BCUT2D eigenvalue weighted by molar-refractivity contribution is -0.145. The summed E-state index contributed by atoms with van der Waals surface area (Å²) in [4.78, 5) is 13.5. The zero-order valence-electron chi connectivity index (χ0n) is 12.6. The topological polar surface area (TPSA) is 71.0 Å². The van der Waals surface area contributed by atoms with E-state index in [0.717, 1.165) is 13.0 Å². The number of nitrogens with zero attached hydrogens (tertiary/aromatic N) is 1. The number of aliphatic carboxylic acids is 1. The number of hydrogen-bond acceptors (Lipinski definition) is 5. The molecule has 0 aliphatic rings. The summed E-state index contributed by atoms with van der Waals surface area (Å²) in [5, 5.41) is 12.4. The molecule has 0 aliphatic heterocycles. The van der Waals surface area contributed by atoms with E-state index in [9.17, 15) is 9.90 Å². The highest BCUT2D eigenvalue weighted by Crippen LogP contribution is 2.08. The van der Waals surface area contributed by atoms with Gasteiger partial charge in [-0.1, -0.05) is 6.92 Å². The molecule has 0 aromatic carbocycles. The van der Waals surface area contributed by atoms with Gasteiger partial charge in [0.25, 0.3) is 0 Å². The lowest BCUT2D eigenvalue weighted by atomic mass is 10.0. The second-order valence-corrected chi connectivity index (χ2v) is 4.78. The Morgan fingerprint density at radius 1 is 1.26 bits per heavy atom. The molecule has 19 heavy (non-hydrogen) atoms. The molecule has 0 amide bonds. The molecule has 0 radical (unpaired) electrons. The maximum absolute atomic E-state index is 11.4. The second kappa shape index (κ2) is 10.1. The Balaban J connectivity index is 4.50. The number of likely N-dealkylation sites (N-methyl/N-ethyl adjacent to an activating group) is 1. The Kier molecular flexibility index (Phi) is 9.77. The molecule has 1 atom stereocenters. The smallest absolute Gasteiger partial charge is 0.324 e.